The number of hydrogen-bond donors (Lipinski definition) is 2. The number of anilines is 2. The number of amides is 1. The monoisotopic (exact) mass is 410 g/mol. The predicted octanol–water partition coefficient (Wildman–Crippen LogP) is 4.37. The lowest BCUT2D eigenvalue weighted by molar-refractivity contribution is 0.102. The third-order valence-corrected chi connectivity index (χ3v) is 5.89. The van der Waals surface area contributed by atoms with Crippen LogP contribution in [0.5, 0.6) is 5.75 Å². The molecule has 0 saturated heterocycles. The van der Waals surface area contributed by atoms with Crippen molar-refractivity contribution in [3.8, 4) is 5.75 Å². The molecule has 29 heavy (non-hydrogen) atoms. The van der Waals surface area contributed by atoms with Crippen LogP contribution < -0.4 is 14.8 Å². The predicted molar refractivity (Wildman–Crippen MR) is 114 cm³/mol. The van der Waals surface area contributed by atoms with E-state index in [4.69, 9.17) is 4.74 Å². The number of nitrogens with one attached hydrogen (secondary N) is 2. The summed E-state index contributed by atoms with van der Waals surface area (Å²) in [6.07, 6.45) is 0. The summed E-state index contributed by atoms with van der Waals surface area (Å²) in [7, 11) is -2.33. The molecule has 0 atom stereocenters. The van der Waals surface area contributed by atoms with Crippen LogP contribution in [0.1, 0.15) is 21.5 Å². The van der Waals surface area contributed by atoms with E-state index >= 15 is 0 Å². The fraction of sp³-hybridized carbons (Fsp3) is 0.136. The first kappa shape index (κ1) is 20.4. The van der Waals surface area contributed by atoms with Crippen LogP contribution in [0, 0.1) is 13.8 Å². The molecule has 2 N–H and O–H groups in total. The van der Waals surface area contributed by atoms with Crippen LogP contribution in [-0.2, 0) is 10.0 Å². The highest BCUT2D eigenvalue weighted by molar-refractivity contribution is 7.92. The van der Waals surface area contributed by atoms with Crippen molar-refractivity contribution in [2.45, 2.75) is 18.7 Å². The molecule has 1 amide bonds. The molecule has 0 spiro atoms. The van der Waals surface area contributed by atoms with Gasteiger partial charge in [0.15, 0.2) is 0 Å². The number of aryl methyl sites for hydroxylation is 2. The molecule has 0 aliphatic rings. The highest BCUT2D eigenvalue weighted by Crippen LogP contribution is 2.27. The van der Waals surface area contributed by atoms with E-state index in [0.29, 0.717) is 22.7 Å². The standard InChI is InChI=1S/C22H22N2O4S/c1-15-9-12-20(28-3)19(13-15)23-22(25)17-11-10-16(2)21(14-17)29(26,27)24-18-7-5-4-6-8-18/h4-14,24H,1-3H3,(H,23,25). The zero-order valence-electron chi connectivity index (χ0n) is 16.4. The summed E-state index contributed by atoms with van der Waals surface area (Å²) in [5, 5.41) is 2.79. The Morgan fingerprint density at radius 3 is 2.34 bits per heavy atom. The number of hydrogen-bond acceptors (Lipinski definition) is 4. The summed E-state index contributed by atoms with van der Waals surface area (Å²) in [5.41, 5.74) is 2.70. The number of para-hydroxylation sites is 1. The van der Waals surface area contributed by atoms with Gasteiger partial charge in [0.1, 0.15) is 5.75 Å². The van der Waals surface area contributed by atoms with Gasteiger partial charge in [-0.2, -0.15) is 0 Å². The third-order valence-electron chi connectivity index (χ3n) is 4.37. The topological polar surface area (TPSA) is 84.5 Å². The molecule has 0 aromatic heterocycles. The van der Waals surface area contributed by atoms with Crippen molar-refractivity contribution in [3.63, 3.8) is 0 Å². The molecule has 0 saturated carbocycles. The number of methoxy groups -OCH3 is 1. The molecule has 3 aromatic rings. The average Bonchev–Trinajstić information content (AvgIpc) is 2.68. The lowest BCUT2D eigenvalue weighted by Crippen LogP contribution is -2.17. The van der Waals surface area contributed by atoms with Gasteiger partial charge in [0.25, 0.3) is 15.9 Å². The largest absolute Gasteiger partial charge is 0.495 e. The second-order valence-electron chi connectivity index (χ2n) is 6.61. The van der Waals surface area contributed by atoms with Crippen molar-refractivity contribution in [3.05, 3.63) is 83.4 Å². The van der Waals surface area contributed by atoms with Gasteiger partial charge in [-0.15, -0.1) is 0 Å². The third kappa shape index (κ3) is 4.75. The van der Waals surface area contributed by atoms with Crippen molar-refractivity contribution >= 4 is 27.3 Å². The van der Waals surface area contributed by atoms with E-state index < -0.39 is 15.9 Å². The van der Waals surface area contributed by atoms with Crippen LogP contribution in [0.4, 0.5) is 11.4 Å². The quantitative estimate of drug-likeness (QED) is 0.632. The molecule has 3 rings (SSSR count). The van der Waals surface area contributed by atoms with Crippen molar-refractivity contribution in [2.75, 3.05) is 17.1 Å². The van der Waals surface area contributed by atoms with Gasteiger partial charge >= 0.3 is 0 Å². The number of benzene rings is 3. The molecular weight excluding hydrogens is 388 g/mol. The summed E-state index contributed by atoms with van der Waals surface area (Å²) in [6, 6.07) is 18.6. The van der Waals surface area contributed by atoms with Crippen LogP contribution in [0.3, 0.4) is 0 Å². The molecule has 0 radical (unpaired) electrons. The molecule has 150 valence electrons. The van der Waals surface area contributed by atoms with Gasteiger partial charge in [-0.05, 0) is 61.4 Å². The Labute approximate surface area is 170 Å². The number of rotatable bonds is 6. The highest BCUT2D eigenvalue weighted by atomic mass is 32.2. The Hall–Kier alpha value is -3.32. The highest BCUT2D eigenvalue weighted by Gasteiger charge is 2.20. The van der Waals surface area contributed by atoms with Crippen molar-refractivity contribution in [2.24, 2.45) is 0 Å². The zero-order chi connectivity index (χ0) is 21.0. The first-order valence-corrected chi connectivity index (χ1v) is 10.4. The van der Waals surface area contributed by atoms with E-state index in [0.717, 1.165) is 5.56 Å². The van der Waals surface area contributed by atoms with Crippen molar-refractivity contribution < 1.29 is 17.9 Å². The molecule has 0 aliphatic heterocycles. The fourth-order valence-electron chi connectivity index (χ4n) is 2.86. The van der Waals surface area contributed by atoms with Gasteiger partial charge in [-0.1, -0.05) is 30.3 Å². The second kappa shape index (κ2) is 8.36. The molecule has 0 aliphatic carbocycles. The van der Waals surface area contributed by atoms with E-state index in [1.807, 2.05) is 13.0 Å². The molecule has 3 aromatic carbocycles. The molecule has 0 unspecified atom stereocenters. The van der Waals surface area contributed by atoms with E-state index in [1.54, 1.807) is 61.5 Å². The molecule has 7 heteroatoms. The van der Waals surface area contributed by atoms with E-state index in [2.05, 4.69) is 10.0 Å². The maximum atomic E-state index is 12.8. The number of ether oxygens (including phenoxy) is 1. The maximum absolute atomic E-state index is 12.8. The minimum absolute atomic E-state index is 0.0465. The summed E-state index contributed by atoms with van der Waals surface area (Å²) >= 11 is 0. The Morgan fingerprint density at radius 1 is 0.931 bits per heavy atom. The van der Waals surface area contributed by atoms with Crippen molar-refractivity contribution in [1.82, 2.24) is 0 Å². The summed E-state index contributed by atoms with van der Waals surface area (Å²) < 4.78 is 33.5. The number of carbonyl (C=O) groups excluding carboxylic acids is 1. The van der Waals surface area contributed by atoms with E-state index in [9.17, 15) is 13.2 Å². The first-order valence-electron chi connectivity index (χ1n) is 8.94. The molecule has 0 bridgehead atoms. The molecule has 0 heterocycles. The van der Waals surface area contributed by atoms with Gasteiger partial charge in [-0.25, -0.2) is 8.42 Å². The first-order chi connectivity index (χ1) is 13.8. The Kier molecular flexibility index (Phi) is 5.89. The van der Waals surface area contributed by atoms with Crippen LogP contribution in [0.25, 0.3) is 0 Å². The maximum Gasteiger partial charge on any atom is 0.262 e. The zero-order valence-corrected chi connectivity index (χ0v) is 17.2. The van der Waals surface area contributed by atoms with Crippen LogP contribution >= 0.6 is 0 Å². The SMILES string of the molecule is COc1ccc(C)cc1NC(=O)c1ccc(C)c(S(=O)(=O)Nc2ccccc2)c1. The fourth-order valence-corrected chi connectivity index (χ4v) is 4.19. The summed E-state index contributed by atoms with van der Waals surface area (Å²) in [6.45, 7) is 3.59. The smallest absolute Gasteiger partial charge is 0.262 e. The Balaban J connectivity index is 1.91. The molecule has 0 fully saturated rings. The van der Waals surface area contributed by atoms with E-state index in [1.165, 1.54) is 13.2 Å². The lowest BCUT2D eigenvalue weighted by atomic mass is 10.1. The van der Waals surface area contributed by atoms with Gasteiger partial charge in [0.05, 0.1) is 17.7 Å². The Morgan fingerprint density at radius 2 is 1.66 bits per heavy atom. The van der Waals surface area contributed by atoms with Gasteiger partial charge in [-0.3, -0.25) is 9.52 Å². The van der Waals surface area contributed by atoms with Crippen LogP contribution in [0.2, 0.25) is 0 Å². The van der Waals surface area contributed by atoms with E-state index in [-0.39, 0.29) is 10.5 Å². The molecular formula is C22H22N2O4S. The minimum Gasteiger partial charge on any atom is -0.495 e. The van der Waals surface area contributed by atoms with Crippen molar-refractivity contribution in [1.29, 1.82) is 0 Å². The van der Waals surface area contributed by atoms with Gasteiger partial charge in [0, 0.05) is 11.3 Å². The van der Waals surface area contributed by atoms with Crippen LogP contribution in [0.15, 0.2) is 71.6 Å². The average molecular weight is 410 g/mol. The number of sulfonamides is 1. The lowest BCUT2D eigenvalue weighted by Gasteiger charge is -2.13. The summed E-state index contributed by atoms with van der Waals surface area (Å²) in [4.78, 5) is 12.8. The second-order valence-corrected chi connectivity index (χ2v) is 8.26. The van der Waals surface area contributed by atoms with Crippen LogP contribution in [-0.4, -0.2) is 21.4 Å². The van der Waals surface area contributed by atoms with Gasteiger partial charge in [0.2, 0.25) is 0 Å². The minimum atomic E-state index is -3.85. The van der Waals surface area contributed by atoms with Gasteiger partial charge < -0.3 is 10.1 Å². The Bertz CT molecular complexity index is 1140. The number of carbonyl (C=O) groups is 1. The summed E-state index contributed by atoms with van der Waals surface area (Å²) in [5.74, 6) is 0.0970. The normalized spacial score (nSPS) is 11.0. The molecule has 6 nitrogen and oxygen atoms in total.